The number of nitrogens with zero attached hydrogens (tertiary/aromatic N) is 2. The number of hydrogen-bond donors (Lipinski definition) is 1. The summed E-state index contributed by atoms with van der Waals surface area (Å²) in [6, 6.07) is 6.85. The van der Waals surface area contributed by atoms with E-state index in [0.29, 0.717) is 49.1 Å². The maximum Gasteiger partial charge on any atom is 0.253 e. The molecule has 2 fully saturated rings. The van der Waals surface area contributed by atoms with Gasteiger partial charge in [-0.3, -0.25) is 4.79 Å². The Morgan fingerprint density at radius 3 is 2.83 bits per heavy atom. The summed E-state index contributed by atoms with van der Waals surface area (Å²) in [7, 11) is 0. The third-order valence-corrected chi connectivity index (χ3v) is 6.10. The second-order valence-corrected chi connectivity index (χ2v) is 8.43. The van der Waals surface area contributed by atoms with Gasteiger partial charge in [-0.1, -0.05) is 11.6 Å². The number of carbonyl (C=O) groups excluding carboxylic acids is 1. The molecule has 0 bridgehead atoms. The van der Waals surface area contributed by atoms with Crippen LogP contribution >= 0.6 is 11.6 Å². The van der Waals surface area contributed by atoms with Crippen LogP contribution in [0.3, 0.4) is 0 Å². The van der Waals surface area contributed by atoms with Gasteiger partial charge in [-0.05, 0) is 49.4 Å². The Morgan fingerprint density at radius 1 is 1.28 bits per heavy atom. The molecule has 1 amide bonds. The molecule has 2 unspecified atom stereocenters. The molecule has 8 heteroatoms. The molecule has 0 radical (unpaired) electrons. The van der Waals surface area contributed by atoms with Gasteiger partial charge in [0.25, 0.3) is 5.91 Å². The Kier molecular flexibility index (Phi) is 5.60. The van der Waals surface area contributed by atoms with Crippen molar-refractivity contribution in [3.05, 3.63) is 34.9 Å². The van der Waals surface area contributed by atoms with Crippen molar-refractivity contribution in [2.24, 2.45) is 5.92 Å². The summed E-state index contributed by atoms with van der Waals surface area (Å²) in [6.07, 6.45) is 0.481. The van der Waals surface area contributed by atoms with E-state index >= 15 is 0 Å². The molecule has 2 atom stereocenters. The van der Waals surface area contributed by atoms with Crippen LogP contribution in [0.15, 0.2) is 24.3 Å². The highest BCUT2D eigenvalue weighted by Crippen LogP contribution is 2.36. The summed E-state index contributed by atoms with van der Waals surface area (Å²) >= 11 is 6.28. The largest absolute Gasteiger partial charge is 0.354 e. The van der Waals surface area contributed by atoms with Gasteiger partial charge in [0, 0.05) is 31.3 Å². The number of benzene rings is 1. The summed E-state index contributed by atoms with van der Waals surface area (Å²) in [6.45, 7) is 1.11. The molecule has 29 heavy (non-hydrogen) atoms. The Hall–Kier alpha value is -2.02. The lowest BCUT2D eigenvalue weighted by Gasteiger charge is -2.29. The molecule has 1 saturated carbocycles. The maximum atomic E-state index is 13.6. The van der Waals surface area contributed by atoms with E-state index in [1.165, 1.54) is 0 Å². The van der Waals surface area contributed by atoms with Crippen LogP contribution in [0, 0.1) is 5.92 Å². The molecule has 1 aromatic heterocycles. The highest BCUT2D eigenvalue weighted by molar-refractivity contribution is 6.35. The van der Waals surface area contributed by atoms with Crippen LogP contribution < -0.4 is 10.2 Å². The lowest BCUT2D eigenvalue weighted by molar-refractivity contribution is -0.0518. The van der Waals surface area contributed by atoms with E-state index in [1.54, 1.807) is 24.3 Å². The first-order chi connectivity index (χ1) is 13.8. The Bertz CT molecular complexity index is 923. The average molecular weight is 426 g/mol. The van der Waals surface area contributed by atoms with Crippen molar-refractivity contribution in [3.63, 3.8) is 0 Å². The smallest absolute Gasteiger partial charge is 0.253 e. The number of pyridine rings is 1. The van der Waals surface area contributed by atoms with Crippen molar-refractivity contribution >= 4 is 34.2 Å². The minimum absolute atomic E-state index is 0.0826. The van der Waals surface area contributed by atoms with E-state index in [1.807, 2.05) is 4.90 Å². The van der Waals surface area contributed by atoms with Gasteiger partial charge in [-0.25, -0.2) is 18.2 Å². The highest BCUT2D eigenvalue weighted by atomic mass is 35.5. The number of nitrogens with one attached hydrogen (secondary N) is 1. The van der Waals surface area contributed by atoms with Crippen molar-refractivity contribution in [1.82, 2.24) is 10.3 Å². The van der Waals surface area contributed by atoms with Gasteiger partial charge in [0.2, 0.25) is 5.92 Å². The first-order valence-corrected chi connectivity index (χ1v) is 10.3. The molecule has 2 aromatic rings. The number of carbonyl (C=O) groups is 1. The molecule has 1 aliphatic heterocycles. The predicted octanol–water partition coefficient (Wildman–Crippen LogP) is 4.99. The highest BCUT2D eigenvalue weighted by Gasteiger charge is 2.36. The molecule has 2 heterocycles. The minimum Gasteiger partial charge on any atom is -0.354 e. The summed E-state index contributed by atoms with van der Waals surface area (Å²) in [5.74, 6) is -2.63. The molecule has 0 spiro atoms. The zero-order valence-electron chi connectivity index (χ0n) is 15.9. The first kappa shape index (κ1) is 20.3. The number of fused-ring (bicyclic) bond motifs is 1. The molecule has 1 N–H and O–H groups in total. The number of anilines is 1. The first-order valence-electron chi connectivity index (χ1n) is 9.97. The summed E-state index contributed by atoms with van der Waals surface area (Å²) in [4.78, 5) is 19.2. The van der Waals surface area contributed by atoms with Gasteiger partial charge in [0.05, 0.1) is 22.6 Å². The lowest BCUT2D eigenvalue weighted by atomic mass is 9.86. The fourth-order valence-corrected chi connectivity index (χ4v) is 4.53. The lowest BCUT2D eigenvalue weighted by Crippen LogP contribution is -2.35. The van der Waals surface area contributed by atoms with Crippen molar-refractivity contribution in [2.75, 3.05) is 24.5 Å². The van der Waals surface area contributed by atoms with E-state index in [-0.39, 0.29) is 35.9 Å². The number of halogens is 4. The van der Waals surface area contributed by atoms with Crippen LogP contribution in [0.4, 0.5) is 19.0 Å². The van der Waals surface area contributed by atoms with Crippen LogP contribution in [-0.2, 0) is 0 Å². The van der Waals surface area contributed by atoms with Crippen LogP contribution in [0.2, 0.25) is 5.02 Å². The number of amides is 1. The topological polar surface area (TPSA) is 45.2 Å². The number of alkyl halides is 3. The van der Waals surface area contributed by atoms with E-state index in [2.05, 4.69) is 10.3 Å². The van der Waals surface area contributed by atoms with Crippen molar-refractivity contribution < 1.29 is 18.0 Å². The van der Waals surface area contributed by atoms with Crippen LogP contribution in [0.5, 0.6) is 0 Å². The van der Waals surface area contributed by atoms with Crippen LogP contribution in [0.1, 0.15) is 42.5 Å². The SMILES string of the molecule is O=C(NCC1CCCC(F)(F)C1)c1c(Cl)ccc2nc(N3CCC(F)C3)ccc12. The van der Waals surface area contributed by atoms with E-state index in [0.717, 1.165) is 0 Å². The Morgan fingerprint density at radius 2 is 2.10 bits per heavy atom. The van der Waals surface area contributed by atoms with E-state index in [4.69, 9.17) is 11.6 Å². The molecular weight excluding hydrogens is 403 g/mol. The molecule has 4 rings (SSSR count). The molecule has 1 aromatic carbocycles. The van der Waals surface area contributed by atoms with E-state index in [9.17, 15) is 18.0 Å². The number of aromatic nitrogens is 1. The molecule has 156 valence electrons. The molecule has 2 aliphatic rings. The fourth-order valence-electron chi connectivity index (χ4n) is 4.27. The Labute approximate surface area is 172 Å². The van der Waals surface area contributed by atoms with Gasteiger partial charge in [-0.2, -0.15) is 0 Å². The normalized spacial score (nSPS) is 24.1. The summed E-state index contributed by atoms with van der Waals surface area (Å²) in [5.41, 5.74) is 0.874. The monoisotopic (exact) mass is 425 g/mol. The molecular formula is C21H23ClF3N3O. The van der Waals surface area contributed by atoms with Gasteiger partial charge < -0.3 is 10.2 Å². The fraction of sp³-hybridized carbons (Fsp3) is 0.524. The number of hydrogen-bond acceptors (Lipinski definition) is 3. The maximum absolute atomic E-state index is 13.6. The van der Waals surface area contributed by atoms with Gasteiger partial charge in [-0.15, -0.1) is 0 Å². The third kappa shape index (κ3) is 4.44. The van der Waals surface area contributed by atoms with Crippen molar-refractivity contribution in [3.8, 4) is 0 Å². The molecule has 1 saturated heterocycles. The zero-order valence-corrected chi connectivity index (χ0v) is 16.7. The van der Waals surface area contributed by atoms with Gasteiger partial charge in [0.1, 0.15) is 12.0 Å². The van der Waals surface area contributed by atoms with Gasteiger partial charge >= 0.3 is 0 Å². The van der Waals surface area contributed by atoms with E-state index < -0.39 is 18.0 Å². The zero-order chi connectivity index (χ0) is 20.6. The Balaban J connectivity index is 1.53. The molecule has 1 aliphatic carbocycles. The quantitative estimate of drug-likeness (QED) is 0.750. The summed E-state index contributed by atoms with van der Waals surface area (Å²) < 4.78 is 40.7. The predicted molar refractivity (Wildman–Crippen MR) is 108 cm³/mol. The molecule has 4 nitrogen and oxygen atoms in total. The van der Waals surface area contributed by atoms with Crippen LogP contribution in [-0.4, -0.2) is 42.6 Å². The third-order valence-electron chi connectivity index (χ3n) is 5.78. The minimum atomic E-state index is -2.65. The second kappa shape index (κ2) is 8.01. The standard InChI is InChI=1S/C21H23ClF3N3O/c22-16-4-5-17-15(3-6-18(27-17)28-9-7-14(23)12-28)19(16)20(29)26-11-13-2-1-8-21(24,25)10-13/h3-6,13-14H,1-2,7-12H2,(H,26,29). The summed E-state index contributed by atoms with van der Waals surface area (Å²) in [5, 5.41) is 3.64. The average Bonchev–Trinajstić information content (AvgIpc) is 3.11. The second-order valence-electron chi connectivity index (χ2n) is 8.02. The van der Waals surface area contributed by atoms with Crippen molar-refractivity contribution in [1.29, 1.82) is 0 Å². The van der Waals surface area contributed by atoms with Gasteiger partial charge in [0.15, 0.2) is 0 Å². The van der Waals surface area contributed by atoms with Crippen molar-refractivity contribution in [2.45, 2.75) is 44.2 Å². The number of rotatable bonds is 4. The van der Waals surface area contributed by atoms with Crippen LogP contribution in [0.25, 0.3) is 10.9 Å².